The van der Waals surface area contributed by atoms with Crippen LogP contribution in [0.2, 0.25) is 0 Å². The van der Waals surface area contributed by atoms with Crippen molar-refractivity contribution in [3.8, 4) is 6.07 Å². The van der Waals surface area contributed by atoms with Crippen molar-refractivity contribution < 1.29 is 9.59 Å². The van der Waals surface area contributed by atoms with Crippen LogP contribution >= 0.6 is 0 Å². The Labute approximate surface area is 164 Å². The van der Waals surface area contributed by atoms with E-state index in [1.807, 2.05) is 13.0 Å². The predicted octanol–water partition coefficient (Wildman–Crippen LogP) is 2.38. The number of hydrogen-bond donors (Lipinski definition) is 4. The minimum atomic E-state index is -0.747. The maximum absolute atomic E-state index is 12.4. The van der Waals surface area contributed by atoms with Gasteiger partial charge >= 0.3 is 6.03 Å². The topological polar surface area (TPSA) is 121 Å². The molecule has 3 atom stereocenters. The van der Waals surface area contributed by atoms with Gasteiger partial charge in [0, 0.05) is 18.8 Å². The van der Waals surface area contributed by atoms with E-state index in [0.29, 0.717) is 23.6 Å². The van der Waals surface area contributed by atoms with E-state index in [2.05, 4.69) is 16.0 Å². The van der Waals surface area contributed by atoms with Crippen LogP contribution in [0.25, 0.3) is 0 Å². The molecule has 1 aliphatic heterocycles. The summed E-state index contributed by atoms with van der Waals surface area (Å²) in [7, 11) is 1.61. The van der Waals surface area contributed by atoms with Crippen molar-refractivity contribution in [1.29, 1.82) is 10.7 Å². The van der Waals surface area contributed by atoms with E-state index >= 15 is 0 Å². The van der Waals surface area contributed by atoms with E-state index < -0.39 is 5.54 Å². The molecule has 1 heterocycles. The summed E-state index contributed by atoms with van der Waals surface area (Å²) in [6.45, 7) is 1.85. The number of urea groups is 1. The molecule has 4 N–H and O–H groups in total. The molecule has 3 amide bonds. The highest BCUT2D eigenvalue weighted by atomic mass is 16.2. The standard InChI is InChI=1S/C20H26N6O2/c1-20(17(27)26(2)18(22)25-20)11-14-4-3-5-16(10-14)24-19(28)23-15-8-6-13(12-21)7-9-15/h6-9,14,16H,3-5,10-11H2,1-2H3,(H2,22,25)(H2,23,24,28)/t14-,16+,20+/m0/s1. The molecule has 1 aliphatic carbocycles. The minimum Gasteiger partial charge on any atom is -0.342 e. The molecule has 8 heteroatoms. The number of nitrogens with zero attached hydrogens (tertiary/aromatic N) is 2. The van der Waals surface area contributed by atoms with Crippen molar-refractivity contribution in [2.24, 2.45) is 5.92 Å². The van der Waals surface area contributed by atoms with Crippen molar-refractivity contribution in [2.45, 2.75) is 50.6 Å². The Morgan fingerprint density at radius 3 is 2.71 bits per heavy atom. The third-order valence-corrected chi connectivity index (χ3v) is 5.59. The molecule has 1 saturated heterocycles. The summed E-state index contributed by atoms with van der Waals surface area (Å²) in [5, 5.41) is 25.5. The Morgan fingerprint density at radius 1 is 1.39 bits per heavy atom. The first-order valence-electron chi connectivity index (χ1n) is 9.53. The molecule has 1 aromatic rings. The van der Waals surface area contributed by atoms with Gasteiger partial charge in [0.05, 0.1) is 11.6 Å². The van der Waals surface area contributed by atoms with Crippen LogP contribution < -0.4 is 16.0 Å². The van der Waals surface area contributed by atoms with E-state index in [-0.39, 0.29) is 23.9 Å². The third kappa shape index (κ3) is 4.25. The fourth-order valence-corrected chi connectivity index (χ4v) is 4.17. The average molecular weight is 382 g/mol. The lowest BCUT2D eigenvalue weighted by molar-refractivity contribution is -0.130. The molecule has 0 unspecified atom stereocenters. The third-order valence-electron chi connectivity index (χ3n) is 5.59. The van der Waals surface area contributed by atoms with Crippen LogP contribution in [0.4, 0.5) is 10.5 Å². The molecule has 148 valence electrons. The zero-order valence-corrected chi connectivity index (χ0v) is 16.2. The monoisotopic (exact) mass is 382 g/mol. The first kappa shape index (κ1) is 19.7. The maximum atomic E-state index is 12.4. The Bertz CT molecular complexity index is 815. The molecule has 0 radical (unpaired) electrons. The fraction of sp³-hybridized carbons (Fsp3) is 0.500. The number of carbonyl (C=O) groups excluding carboxylic acids is 2. The Balaban J connectivity index is 1.53. The van der Waals surface area contributed by atoms with Crippen LogP contribution in [0, 0.1) is 22.7 Å². The summed E-state index contributed by atoms with van der Waals surface area (Å²) in [6.07, 6.45) is 4.36. The molecule has 1 aromatic carbocycles. The van der Waals surface area contributed by atoms with Crippen molar-refractivity contribution in [3.05, 3.63) is 29.8 Å². The number of carbonyl (C=O) groups is 2. The summed E-state index contributed by atoms with van der Waals surface area (Å²) in [6, 6.07) is 8.55. The molecule has 2 aliphatic rings. The summed E-state index contributed by atoms with van der Waals surface area (Å²) in [4.78, 5) is 26.1. The highest BCUT2D eigenvalue weighted by Gasteiger charge is 2.45. The van der Waals surface area contributed by atoms with Crippen LogP contribution in [-0.2, 0) is 4.79 Å². The fourth-order valence-electron chi connectivity index (χ4n) is 4.17. The summed E-state index contributed by atoms with van der Waals surface area (Å²) >= 11 is 0. The van der Waals surface area contributed by atoms with Gasteiger partial charge in [0.15, 0.2) is 5.96 Å². The number of guanidine groups is 1. The SMILES string of the molecule is CN1C(=N)N[C@](C)(C[C@H]2CCC[C@@H](NC(=O)Nc3ccc(C#N)cc3)C2)C1=O. The van der Waals surface area contributed by atoms with Crippen molar-refractivity contribution >= 4 is 23.6 Å². The van der Waals surface area contributed by atoms with Crippen molar-refractivity contribution in [1.82, 2.24) is 15.5 Å². The second-order valence-corrected chi connectivity index (χ2v) is 7.89. The molecule has 0 aromatic heterocycles. The van der Waals surface area contributed by atoms with Gasteiger partial charge in [-0.1, -0.05) is 12.8 Å². The second kappa shape index (κ2) is 7.89. The average Bonchev–Trinajstić information content (AvgIpc) is 2.85. The van der Waals surface area contributed by atoms with Gasteiger partial charge in [0.25, 0.3) is 5.91 Å². The van der Waals surface area contributed by atoms with Gasteiger partial charge in [-0.2, -0.15) is 5.26 Å². The van der Waals surface area contributed by atoms with Crippen LogP contribution in [0.3, 0.4) is 0 Å². The van der Waals surface area contributed by atoms with E-state index in [1.54, 1.807) is 31.3 Å². The summed E-state index contributed by atoms with van der Waals surface area (Å²) in [5.74, 6) is 0.362. The van der Waals surface area contributed by atoms with E-state index in [9.17, 15) is 9.59 Å². The zero-order valence-electron chi connectivity index (χ0n) is 16.2. The molecule has 0 bridgehead atoms. The number of likely N-dealkylation sites (N-methyl/N-ethyl adjacent to an activating group) is 1. The molecule has 2 fully saturated rings. The van der Waals surface area contributed by atoms with Crippen molar-refractivity contribution in [2.75, 3.05) is 12.4 Å². The molecular weight excluding hydrogens is 356 g/mol. The van der Waals surface area contributed by atoms with E-state index in [1.165, 1.54) is 4.90 Å². The van der Waals surface area contributed by atoms with Crippen LogP contribution in [0.5, 0.6) is 0 Å². The van der Waals surface area contributed by atoms with Gasteiger partial charge in [-0.05, 0) is 56.4 Å². The number of rotatable bonds is 4. The lowest BCUT2D eigenvalue weighted by Gasteiger charge is -2.34. The highest BCUT2D eigenvalue weighted by Crippen LogP contribution is 2.33. The molecule has 8 nitrogen and oxygen atoms in total. The van der Waals surface area contributed by atoms with Gasteiger partial charge in [-0.3, -0.25) is 15.1 Å². The number of amides is 3. The van der Waals surface area contributed by atoms with Gasteiger partial charge in [-0.15, -0.1) is 0 Å². The predicted molar refractivity (Wildman–Crippen MR) is 106 cm³/mol. The summed E-state index contributed by atoms with van der Waals surface area (Å²) in [5.41, 5.74) is 0.436. The zero-order chi connectivity index (χ0) is 20.3. The highest BCUT2D eigenvalue weighted by molar-refractivity contribution is 6.07. The van der Waals surface area contributed by atoms with Crippen LogP contribution in [0.15, 0.2) is 24.3 Å². The second-order valence-electron chi connectivity index (χ2n) is 7.89. The van der Waals surface area contributed by atoms with Gasteiger partial charge < -0.3 is 16.0 Å². The Hall–Kier alpha value is -3.08. The van der Waals surface area contributed by atoms with E-state index in [0.717, 1.165) is 25.7 Å². The van der Waals surface area contributed by atoms with Crippen LogP contribution in [0.1, 0.15) is 44.6 Å². The molecule has 3 rings (SSSR count). The number of nitrogens with one attached hydrogen (secondary N) is 4. The lowest BCUT2D eigenvalue weighted by Crippen LogP contribution is -2.47. The maximum Gasteiger partial charge on any atom is 0.319 e. The minimum absolute atomic E-state index is 0.0504. The normalized spacial score (nSPS) is 27.1. The smallest absolute Gasteiger partial charge is 0.319 e. The molecular formula is C20H26N6O2. The van der Waals surface area contributed by atoms with Crippen molar-refractivity contribution in [3.63, 3.8) is 0 Å². The lowest BCUT2D eigenvalue weighted by atomic mass is 9.78. The molecule has 0 spiro atoms. The van der Waals surface area contributed by atoms with E-state index in [4.69, 9.17) is 10.7 Å². The quantitative estimate of drug-likeness (QED) is 0.639. The summed E-state index contributed by atoms with van der Waals surface area (Å²) < 4.78 is 0. The van der Waals surface area contributed by atoms with Crippen LogP contribution in [-0.4, -0.2) is 41.4 Å². The van der Waals surface area contributed by atoms with Gasteiger partial charge in [0.2, 0.25) is 0 Å². The molecule has 1 saturated carbocycles. The Morgan fingerprint density at radius 2 is 2.11 bits per heavy atom. The first-order chi connectivity index (χ1) is 13.3. The number of benzene rings is 1. The number of anilines is 1. The molecule has 28 heavy (non-hydrogen) atoms. The van der Waals surface area contributed by atoms with Gasteiger partial charge in [0.1, 0.15) is 5.54 Å². The first-order valence-corrected chi connectivity index (χ1v) is 9.53. The Kier molecular flexibility index (Phi) is 5.54. The van der Waals surface area contributed by atoms with Gasteiger partial charge in [-0.25, -0.2) is 4.79 Å². The number of nitriles is 1. The largest absolute Gasteiger partial charge is 0.342 e. The number of hydrogen-bond acceptors (Lipinski definition) is 4.